The van der Waals surface area contributed by atoms with Crippen molar-refractivity contribution in [3.8, 4) is 0 Å². The molecule has 1 heterocycles. The van der Waals surface area contributed by atoms with Gasteiger partial charge < -0.3 is 10.2 Å². The summed E-state index contributed by atoms with van der Waals surface area (Å²) in [4.78, 5) is 14.0. The minimum Gasteiger partial charge on any atom is -0.351 e. The second-order valence-electron chi connectivity index (χ2n) is 5.70. The van der Waals surface area contributed by atoms with E-state index in [2.05, 4.69) is 5.32 Å². The second kappa shape index (κ2) is 7.11. The average molecular weight is 325 g/mol. The van der Waals surface area contributed by atoms with Crippen LogP contribution < -0.4 is 9.62 Å². The molecule has 6 nitrogen and oxygen atoms in total. The summed E-state index contributed by atoms with van der Waals surface area (Å²) < 4.78 is 25.5. The van der Waals surface area contributed by atoms with Crippen molar-refractivity contribution < 1.29 is 13.2 Å². The van der Waals surface area contributed by atoms with Gasteiger partial charge in [-0.05, 0) is 51.2 Å². The van der Waals surface area contributed by atoms with Gasteiger partial charge in [-0.15, -0.1) is 0 Å². The summed E-state index contributed by atoms with van der Waals surface area (Å²) >= 11 is 0. The molecule has 1 aromatic rings. The Labute approximate surface area is 132 Å². The lowest BCUT2D eigenvalue weighted by molar-refractivity contribution is 0.0951. The fraction of sp³-hybridized carbons (Fsp3) is 0.533. The number of carbonyl (C=O) groups is 1. The highest BCUT2D eigenvalue weighted by Crippen LogP contribution is 2.23. The first-order chi connectivity index (χ1) is 10.4. The maximum atomic E-state index is 12.0. The number of hydrogen-bond acceptors (Lipinski definition) is 4. The van der Waals surface area contributed by atoms with Crippen LogP contribution in [-0.2, 0) is 10.0 Å². The summed E-state index contributed by atoms with van der Waals surface area (Å²) in [5, 5.41) is 2.83. The quantitative estimate of drug-likeness (QED) is 0.873. The van der Waals surface area contributed by atoms with E-state index in [1.165, 1.54) is 4.31 Å². The summed E-state index contributed by atoms with van der Waals surface area (Å²) in [5.41, 5.74) is 1.17. The molecule has 1 aromatic carbocycles. The molecule has 122 valence electrons. The van der Waals surface area contributed by atoms with Crippen LogP contribution in [0.5, 0.6) is 0 Å². The highest BCUT2D eigenvalue weighted by molar-refractivity contribution is 7.92. The van der Waals surface area contributed by atoms with Gasteiger partial charge in [0.25, 0.3) is 5.91 Å². The first kappa shape index (κ1) is 16.8. The van der Waals surface area contributed by atoms with Crippen LogP contribution in [0, 0.1) is 0 Å². The largest absolute Gasteiger partial charge is 0.351 e. The van der Waals surface area contributed by atoms with Crippen molar-refractivity contribution in [3.05, 3.63) is 29.8 Å². The normalized spacial score (nSPS) is 17.5. The van der Waals surface area contributed by atoms with Crippen LogP contribution in [0.1, 0.15) is 23.2 Å². The van der Waals surface area contributed by atoms with Gasteiger partial charge in [0.05, 0.1) is 11.4 Å². The number of likely N-dealkylation sites (N-methyl/N-ethyl adjacent to an activating group) is 1. The lowest BCUT2D eigenvalue weighted by atomic mass is 10.2. The highest BCUT2D eigenvalue weighted by Gasteiger charge is 2.25. The molecule has 0 spiro atoms. The van der Waals surface area contributed by atoms with Crippen LogP contribution in [0.25, 0.3) is 0 Å². The van der Waals surface area contributed by atoms with Gasteiger partial charge in [0.2, 0.25) is 10.0 Å². The molecule has 1 N–H and O–H groups in total. The van der Waals surface area contributed by atoms with Crippen molar-refractivity contribution in [3.63, 3.8) is 0 Å². The molecule has 2 rings (SSSR count). The molecule has 0 atom stereocenters. The fourth-order valence-electron chi connectivity index (χ4n) is 2.35. The Bertz CT molecular complexity index is 611. The topological polar surface area (TPSA) is 69.7 Å². The maximum Gasteiger partial charge on any atom is 0.251 e. The monoisotopic (exact) mass is 325 g/mol. The van der Waals surface area contributed by atoms with Gasteiger partial charge in [0, 0.05) is 25.2 Å². The predicted octanol–water partition coefficient (Wildman–Crippen LogP) is 0.908. The summed E-state index contributed by atoms with van der Waals surface area (Å²) in [7, 11) is 0.683. The number of rotatable bonds is 5. The number of hydrogen-bond donors (Lipinski definition) is 1. The first-order valence-corrected chi connectivity index (χ1v) is 9.04. The minimum atomic E-state index is -3.21. The van der Waals surface area contributed by atoms with E-state index < -0.39 is 10.0 Å². The number of amides is 1. The molecule has 7 heteroatoms. The van der Waals surface area contributed by atoms with Gasteiger partial charge >= 0.3 is 0 Å². The van der Waals surface area contributed by atoms with Crippen LogP contribution in [0.3, 0.4) is 0 Å². The van der Waals surface area contributed by atoms with E-state index in [0.717, 1.165) is 13.0 Å². The molecule has 0 aromatic heterocycles. The highest BCUT2D eigenvalue weighted by atomic mass is 32.2. The lowest BCUT2D eigenvalue weighted by Crippen LogP contribution is -2.37. The number of nitrogens with one attached hydrogen (secondary N) is 1. The van der Waals surface area contributed by atoms with E-state index in [4.69, 9.17) is 0 Å². The van der Waals surface area contributed by atoms with Crippen molar-refractivity contribution in [2.75, 3.05) is 43.8 Å². The zero-order valence-electron chi connectivity index (χ0n) is 13.1. The Morgan fingerprint density at radius 1 is 1.23 bits per heavy atom. The SMILES string of the molecule is CN(C)CCNC(=O)c1ccc(N2CCCCS2(=O)=O)cc1. The molecular weight excluding hydrogens is 302 g/mol. The predicted molar refractivity (Wildman–Crippen MR) is 87.7 cm³/mol. The van der Waals surface area contributed by atoms with Crippen LogP contribution in [0.15, 0.2) is 24.3 Å². The Morgan fingerprint density at radius 2 is 1.91 bits per heavy atom. The van der Waals surface area contributed by atoms with Crippen molar-refractivity contribution in [1.82, 2.24) is 10.2 Å². The Morgan fingerprint density at radius 3 is 2.50 bits per heavy atom. The summed E-state index contributed by atoms with van der Waals surface area (Å²) in [6.07, 6.45) is 1.58. The molecule has 0 bridgehead atoms. The zero-order chi connectivity index (χ0) is 16.2. The van der Waals surface area contributed by atoms with E-state index in [9.17, 15) is 13.2 Å². The van der Waals surface area contributed by atoms with E-state index in [-0.39, 0.29) is 11.7 Å². The smallest absolute Gasteiger partial charge is 0.251 e. The number of anilines is 1. The number of nitrogens with zero attached hydrogens (tertiary/aromatic N) is 2. The lowest BCUT2D eigenvalue weighted by Gasteiger charge is -2.28. The zero-order valence-corrected chi connectivity index (χ0v) is 13.9. The van der Waals surface area contributed by atoms with Crippen molar-refractivity contribution in [1.29, 1.82) is 0 Å². The molecule has 0 saturated carbocycles. The Balaban J connectivity index is 2.02. The Kier molecular flexibility index (Phi) is 5.42. The minimum absolute atomic E-state index is 0.144. The summed E-state index contributed by atoms with van der Waals surface area (Å²) in [6.45, 7) is 1.86. The van der Waals surface area contributed by atoms with Crippen molar-refractivity contribution >= 4 is 21.6 Å². The maximum absolute atomic E-state index is 12.0. The fourth-order valence-corrected chi connectivity index (χ4v) is 3.99. The van der Waals surface area contributed by atoms with E-state index in [0.29, 0.717) is 30.8 Å². The molecule has 1 fully saturated rings. The number of sulfonamides is 1. The third-order valence-electron chi connectivity index (χ3n) is 3.61. The second-order valence-corrected chi connectivity index (χ2v) is 7.71. The molecule has 1 amide bonds. The van der Waals surface area contributed by atoms with Crippen molar-refractivity contribution in [2.45, 2.75) is 12.8 Å². The number of carbonyl (C=O) groups excluding carboxylic acids is 1. The standard InChI is InChI=1S/C15H23N3O3S/c1-17(2)11-9-16-15(19)13-5-7-14(8-6-13)18-10-3-4-12-22(18,20)21/h5-8H,3-4,9-12H2,1-2H3,(H,16,19). The average Bonchev–Trinajstić information content (AvgIpc) is 2.46. The molecular formula is C15H23N3O3S. The molecule has 1 aliphatic heterocycles. The molecule has 1 aliphatic rings. The molecule has 1 saturated heterocycles. The molecule has 22 heavy (non-hydrogen) atoms. The first-order valence-electron chi connectivity index (χ1n) is 7.43. The number of benzene rings is 1. The third kappa shape index (κ3) is 4.20. The molecule has 0 unspecified atom stereocenters. The van der Waals surface area contributed by atoms with Gasteiger partial charge in [-0.25, -0.2) is 8.42 Å². The molecule has 0 radical (unpaired) electrons. The van der Waals surface area contributed by atoms with Gasteiger partial charge in [-0.1, -0.05) is 0 Å². The van der Waals surface area contributed by atoms with E-state index in [1.807, 2.05) is 19.0 Å². The Hall–Kier alpha value is -1.60. The van der Waals surface area contributed by atoms with Gasteiger partial charge in [0.1, 0.15) is 0 Å². The van der Waals surface area contributed by atoms with Crippen LogP contribution in [0.2, 0.25) is 0 Å². The van der Waals surface area contributed by atoms with Gasteiger partial charge in [0.15, 0.2) is 0 Å². The van der Waals surface area contributed by atoms with Gasteiger partial charge in [-0.3, -0.25) is 9.10 Å². The summed E-state index contributed by atoms with van der Waals surface area (Å²) in [6, 6.07) is 6.74. The summed E-state index contributed by atoms with van der Waals surface area (Å²) in [5.74, 6) is 0.0506. The molecule has 0 aliphatic carbocycles. The van der Waals surface area contributed by atoms with E-state index in [1.54, 1.807) is 24.3 Å². The van der Waals surface area contributed by atoms with Crippen molar-refractivity contribution in [2.24, 2.45) is 0 Å². The third-order valence-corrected chi connectivity index (χ3v) is 5.48. The van der Waals surface area contributed by atoms with Gasteiger partial charge in [-0.2, -0.15) is 0 Å². The van der Waals surface area contributed by atoms with Crippen LogP contribution >= 0.6 is 0 Å². The van der Waals surface area contributed by atoms with Crippen LogP contribution in [0.4, 0.5) is 5.69 Å². The van der Waals surface area contributed by atoms with E-state index >= 15 is 0 Å². The van der Waals surface area contributed by atoms with Crippen LogP contribution in [-0.4, -0.2) is 58.7 Å².